The number of pyridine rings is 1. The number of rotatable bonds is 7. The highest BCUT2D eigenvalue weighted by Gasteiger charge is 2.41. The van der Waals surface area contributed by atoms with Crippen molar-refractivity contribution in [3.05, 3.63) is 94.6 Å². The van der Waals surface area contributed by atoms with Crippen LogP contribution in [-0.4, -0.2) is 60.0 Å². The van der Waals surface area contributed by atoms with Gasteiger partial charge in [-0.2, -0.15) is 13.2 Å². The molecule has 1 amide bonds. The maximum absolute atomic E-state index is 15.1. The van der Waals surface area contributed by atoms with Crippen LogP contribution < -0.4 is 9.46 Å². The summed E-state index contributed by atoms with van der Waals surface area (Å²) < 4.78 is 86.8. The van der Waals surface area contributed by atoms with Gasteiger partial charge in [0.15, 0.2) is 0 Å². The Labute approximate surface area is 301 Å². The van der Waals surface area contributed by atoms with Gasteiger partial charge >= 0.3 is 6.18 Å². The van der Waals surface area contributed by atoms with E-state index in [1.165, 1.54) is 29.2 Å². The topological polar surface area (TPSA) is 124 Å². The summed E-state index contributed by atoms with van der Waals surface area (Å²) in [6.45, 7) is 8.28. The average molecular weight is 738 g/mol. The lowest BCUT2D eigenvalue weighted by Gasteiger charge is -2.33. The molecule has 2 aliphatic heterocycles. The molecule has 14 heteroatoms. The molecule has 52 heavy (non-hydrogen) atoms. The first-order valence-electron chi connectivity index (χ1n) is 17.3. The number of carbonyl (C=O) groups excluding carboxylic acids is 1. The Bertz CT molecular complexity index is 2010. The predicted molar refractivity (Wildman–Crippen MR) is 189 cm³/mol. The van der Waals surface area contributed by atoms with Gasteiger partial charge < -0.3 is 14.4 Å². The van der Waals surface area contributed by atoms with E-state index < -0.39 is 45.2 Å². The quantitative estimate of drug-likeness (QED) is 0.205. The van der Waals surface area contributed by atoms with Crippen molar-refractivity contribution in [1.29, 1.82) is 0 Å². The first-order valence-corrected chi connectivity index (χ1v) is 18.8. The smallest absolute Gasteiger partial charge is 0.422 e. The van der Waals surface area contributed by atoms with Crippen LogP contribution in [0.3, 0.4) is 0 Å². The molecule has 0 aliphatic carbocycles. The summed E-state index contributed by atoms with van der Waals surface area (Å²) in [7, 11) is -4.43. The van der Waals surface area contributed by atoms with Crippen LogP contribution in [0.2, 0.25) is 0 Å². The first-order chi connectivity index (χ1) is 24.7. The number of carbonyl (C=O) groups is 1. The standard InChI is InChI=1S/C38H42F3N5O5S/c1-23(2)11-12-29-22-51-32-18-33(44-36(35(32)38(39,40)41)34-24(3)7-5-8-25(34)4)45-52(48,49)30-10-6-9-27(17-30)37(47)46(29)21-28-19-43-31(20-42-28)26-13-15-50-16-14-26/h5-10,17-20,23,26,29H,11-16,21-22H2,1-4H3,(H,44,45)/t29-/m1/s1. The molecule has 4 bridgehead atoms. The third kappa shape index (κ3) is 8.23. The van der Waals surface area contributed by atoms with E-state index in [0.717, 1.165) is 24.6 Å². The van der Waals surface area contributed by atoms with Crippen molar-refractivity contribution in [2.45, 2.75) is 83.0 Å². The first kappa shape index (κ1) is 37.2. The van der Waals surface area contributed by atoms with E-state index >= 15 is 13.2 Å². The zero-order valence-electron chi connectivity index (χ0n) is 29.5. The largest absolute Gasteiger partial charge is 0.491 e. The van der Waals surface area contributed by atoms with Crippen LogP contribution in [0.15, 0.2) is 65.8 Å². The van der Waals surface area contributed by atoms with E-state index in [4.69, 9.17) is 9.47 Å². The normalized spacial score (nSPS) is 18.2. The number of aryl methyl sites for hydroxylation is 2. The van der Waals surface area contributed by atoms with E-state index in [2.05, 4.69) is 19.7 Å². The summed E-state index contributed by atoms with van der Waals surface area (Å²) in [6, 6.07) is 10.8. The van der Waals surface area contributed by atoms with Crippen LogP contribution in [0.5, 0.6) is 5.75 Å². The van der Waals surface area contributed by atoms with Gasteiger partial charge in [-0.05, 0) is 74.8 Å². The second-order valence-electron chi connectivity index (χ2n) is 13.8. The minimum Gasteiger partial charge on any atom is -0.491 e. The van der Waals surface area contributed by atoms with E-state index in [1.807, 2.05) is 13.8 Å². The SMILES string of the molecule is Cc1cccc(C)c1-c1nc2cc(c1C(F)(F)F)OC[C@@H](CCC(C)C)N(Cc1cnc(C3CCOCC3)cn1)C(=O)c1cccc(c1)S(=O)(=O)N2. The minimum absolute atomic E-state index is 0.0391. The maximum atomic E-state index is 15.1. The molecule has 6 rings (SSSR count). The number of ether oxygens (including phenoxy) is 2. The van der Waals surface area contributed by atoms with Gasteiger partial charge in [0, 0.05) is 42.5 Å². The fraction of sp³-hybridized carbons (Fsp3) is 0.421. The molecule has 2 aromatic carbocycles. The molecule has 1 atom stereocenters. The Morgan fingerprint density at radius 1 is 1.00 bits per heavy atom. The number of sulfonamides is 1. The molecule has 4 heterocycles. The summed E-state index contributed by atoms with van der Waals surface area (Å²) in [5, 5.41) is 0. The van der Waals surface area contributed by atoms with E-state index in [1.54, 1.807) is 44.4 Å². The maximum Gasteiger partial charge on any atom is 0.422 e. The molecule has 0 spiro atoms. The number of aromatic nitrogens is 3. The molecule has 0 unspecified atom stereocenters. The number of amides is 1. The summed E-state index contributed by atoms with van der Waals surface area (Å²) in [5.74, 6) is -1.08. The summed E-state index contributed by atoms with van der Waals surface area (Å²) in [6.07, 6.45) is 1.03. The number of alkyl halides is 3. The van der Waals surface area contributed by atoms with Gasteiger partial charge in [-0.3, -0.25) is 19.5 Å². The summed E-state index contributed by atoms with van der Waals surface area (Å²) in [5.41, 5.74) is 1.01. The number of nitrogens with zero attached hydrogens (tertiary/aromatic N) is 4. The van der Waals surface area contributed by atoms with Gasteiger partial charge in [0.05, 0.1) is 40.8 Å². The molecule has 4 aromatic rings. The van der Waals surface area contributed by atoms with E-state index in [0.29, 0.717) is 42.9 Å². The lowest BCUT2D eigenvalue weighted by Crippen LogP contribution is -2.44. The van der Waals surface area contributed by atoms with Crippen molar-refractivity contribution in [3.8, 4) is 17.0 Å². The molecule has 0 saturated carbocycles. The van der Waals surface area contributed by atoms with Crippen molar-refractivity contribution >= 4 is 21.7 Å². The van der Waals surface area contributed by atoms with Gasteiger partial charge in [-0.15, -0.1) is 0 Å². The van der Waals surface area contributed by atoms with Crippen molar-refractivity contribution < 1.29 is 35.9 Å². The monoisotopic (exact) mass is 737 g/mol. The minimum atomic E-state index is -4.94. The van der Waals surface area contributed by atoms with Gasteiger partial charge in [0.25, 0.3) is 15.9 Å². The molecule has 10 nitrogen and oxygen atoms in total. The lowest BCUT2D eigenvalue weighted by atomic mass is 9.95. The third-order valence-electron chi connectivity index (χ3n) is 9.52. The number of halogens is 3. The van der Waals surface area contributed by atoms with Crippen LogP contribution in [0.25, 0.3) is 11.3 Å². The lowest BCUT2D eigenvalue weighted by molar-refractivity contribution is -0.138. The van der Waals surface area contributed by atoms with Crippen molar-refractivity contribution in [2.75, 3.05) is 24.5 Å². The van der Waals surface area contributed by atoms with Crippen LogP contribution in [-0.2, 0) is 27.5 Å². The van der Waals surface area contributed by atoms with Crippen LogP contribution in [0.4, 0.5) is 19.0 Å². The number of hydrogen-bond acceptors (Lipinski definition) is 8. The highest BCUT2D eigenvalue weighted by molar-refractivity contribution is 7.92. The highest BCUT2D eigenvalue weighted by atomic mass is 32.2. The number of benzene rings is 2. The van der Waals surface area contributed by atoms with E-state index in [-0.39, 0.29) is 46.8 Å². The van der Waals surface area contributed by atoms with Crippen molar-refractivity contribution in [2.24, 2.45) is 5.92 Å². The van der Waals surface area contributed by atoms with Gasteiger partial charge in [-0.25, -0.2) is 13.4 Å². The third-order valence-corrected chi connectivity index (χ3v) is 10.9. The molecule has 276 valence electrons. The van der Waals surface area contributed by atoms with Gasteiger partial charge in [0.2, 0.25) is 0 Å². The van der Waals surface area contributed by atoms with Crippen molar-refractivity contribution in [1.82, 2.24) is 19.9 Å². The fourth-order valence-electron chi connectivity index (χ4n) is 6.72. The molecule has 2 aliphatic rings. The molecule has 2 aromatic heterocycles. The number of hydrogen-bond donors (Lipinski definition) is 1. The highest BCUT2D eigenvalue weighted by Crippen LogP contribution is 2.45. The van der Waals surface area contributed by atoms with Gasteiger partial charge in [0.1, 0.15) is 23.7 Å². The Morgan fingerprint density at radius 2 is 1.71 bits per heavy atom. The van der Waals surface area contributed by atoms with Gasteiger partial charge in [-0.1, -0.05) is 38.1 Å². The summed E-state index contributed by atoms with van der Waals surface area (Å²) >= 11 is 0. The Kier molecular flexibility index (Phi) is 10.9. The molecular weight excluding hydrogens is 696 g/mol. The number of fused-ring (bicyclic) bond motifs is 4. The second kappa shape index (κ2) is 15.2. The summed E-state index contributed by atoms with van der Waals surface area (Å²) in [4.78, 5) is 29.2. The zero-order chi connectivity index (χ0) is 37.2. The second-order valence-corrected chi connectivity index (χ2v) is 15.5. The zero-order valence-corrected chi connectivity index (χ0v) is 30.4. The molecule has 1 N–H and O–H groups in total. The average Bonchev–Trinajstić information content (AvgIpc) is 3.10. The molecule has 0 radical (unpaired) electrons. The predicted octanol–water partition coefficient (Wildman–Crippen LogP) is 7.71. The Balaban J connectivity index is 1.50. The Hall–Kier alpha value is -4.56. The molecular formula is C38H42F3N5O5S. The van der Waals surface area contributed by atoms with Crippen molar-refractivity contribution in [3.63, 3.8) is 0 Å². The molecule has 1 saturated heterocycles. The van der Waals surface area contributed by atoms with Crippen LogP contribution >= 0.6 is 0 Å². The molecule has 1 fully saturated rings. The Morgan fingerprint density at radius 3 is 2.37 bits per heavy atom. The number of anilines is 1. The van der Waals surface area contributed by atoms with E-state index in [9.17, 15) is 13.2 Å². The fourth-order valence-corrected chi connectivity index (χ4v) is 7.76. The van der Waals surface area contributed by atoms with Crippen LogP contribution in [0.1, 0.15) is 83.9 Å². The number of nitrogens with one attached hydrogen (secondary N) is 1. The van der Waals surface area contributed by atoms with Crippen LogP contribution in [0, 0.1) is 19.8 Å².